The number of carboxylic acids is 1. The highest BCUT2D eigenvalue weighted by molar-refractivity contribution is 5.85. The quantitative estimate of drug-likeness (QED) is 0.685. The van der Waals surface area contributed by atoms with Crippen LogP contribution in [0.5, 0.6) is 0 Å². The van der Waals surface area contributed by atoms with Crippen molar-refractivity contribution in [1.29, 1.82) is 0 Å². The molecule has 0 spiro atoms. The average molecular weight is 258 g/mol. The fourth-order valence-corrected chi connectivity index (χ4v) is 1.79. The van der Waals surface area contributed by atoms with Crippen LogP contribution in [0.25, 0.3) is 0 Å². The van der Waals surface area contributed by atoms with E-state index in [0.717, 1.165) is 19.4 Å². The number of urea groups is 1. The van der Waals surface area contributed by atoms with Crippen molar-refractivity contribution in [2.45, 2.75) is 38.6 Å². The Labute approximate surface area is 107 Å². The molecule has 1 aliphatic rings. The molecule has 1 heterocycles. The Kier molecular flexibility index (Phi) is 5.40. The van der Waals surface area contributed by atoms with Crippen molar-refractivity contribution >= 4 is 12.0 Å². The second-order valence-corrected chi connectivity index (χ2v) is 4.91. The molecule has 2 atom stereocenters. The van der Waals surface area contributed by atoms with Gasteiger partial charge in [0.2, 0.25) is 0 Å². The molecule has 0 aromatic carbocycles. The molecule has 6 nitrogen and oxygen atoms in total. The maximum atomic E-state index is 11.6. The van der Waals surface area contributed by atoms with Crippen LogP contribution in [-0.4, -0.2) is 42.4 Å². The number of rotatable bonds is 5. The number of hydrogen-bond acceptors (Lipinski definition) is 3. The first-order chi connectivity index (χ1) is 8.48. The van der Waals surface area contributed by atoms with Gasteiger partial charge < -0.3 is 20.5 Å². The molecule has 1 rings (SSSR count). The molecular weight excluding hydrogens is 236 g/mol. The maximum absolute atomic E-state index is 11.6. The highest BCUT2D eigenvalue weighted by Crippen LogP contribution is 2.12. The topological polar surface area (TPSA) is 87.7 Å². The standard InChI is InChI=1S/C12H22N2O4/c1-3-12(2,10(15)16)14-11(17)13-7-9-5-4-6-18-8-9/h9H,3-8H2,1-2H3,(H,15,16)(H2,13,14,17). The van der Waals surface area contributed by atoms with Gasteiger partial charge in [0.15, 0.2) is 0 Å². The van der Waals surface area contributed by atoms with E-state index in [0.29, 0.717) is 25.5 Å². The molecule has 0 saturated carbocycles. The molecule has 1 fully saturated rings. The van der Waals surface area contributed by atoms with Gasteiger partial charge in [0.05, 0.1) is 6.61 Å². The highest BCUT2D eigenvalue weighted by atomic mass is 16.5. The normalized spacial score (nSPS) is 22.9. The van der Waals surface area contributed by atoms with E-state index in [1.54, 1.807) is 6.92 Å². The van der Waals surface area contributed by atoms with E-state index in [1.165, 1.54) is 6.92 Å². The molecule has 2 amide bonds. The predicted molar refractivity (Wildman–Crippen MR) is 66.4 cm³/mol. The van der Waals surface area contributed by atoms with E-state index in [9.17, 15) is 9.59 Å². The van der Waals surface area contributed by atoms with Crippen LogP contribution in [0.15, 0.2) is 0 Å². The molecule has 2 unspecified atom stereocenters. The molecular formula is C12H22N2O4. The van der Waals surface area contributed by atoms with Crippen LogP contribution in [-0.2, 0) is 9.53 Å². The number of carbonyl (C=O) groups is 2. The van der Waals surface area contributed by atoms with Gasteiger partial charge in [-0.05, 0) is 32.1 Å². The Hall–Kier alpha value is -1.30. The predicted octanol–water partition coefficient (Wildman–Crippen LogP) is 0.966. The number of carbonyl (C=O) groups excluding carboxylic acids is 1. The molecule has 104 valence electrons. The molecule has 18 heavy (non-hydrogen) atoms. The van der Waals surface area contributed by atoms with Crippen LogP contribution < -0.4 is 10.6 Å². The Morgan fingerprint density at radius 3 is 2.72 bits per heavy atom. The summed E-state index contributed by atoms with van der Waals surface area (Å²) in [6.45, 7) is 5.19. The summed E-state index contributed by atoms with van der Waals surface area (Å²) >= 11 is 0. The minimum absolute atomic E-state index is 0.321. The molecule has 1 aliphatic heterocycles. The van der Waals surface area contributed by atoms with Crippen LogP contribution in [0, 0.1) is 5.92 Å². The minimum atomic E-state index is -1.22. The molecule has 0 aliphatic carbocycles. The summed E-state index contributed by atoms with van der Waals surface area (Å²) in [5.41, 5.74) is -1.22. The van der Waals surface area contributed by atoms with Crippen LogP contribution in [0.4, 0.5) is 4.79 Å². The van der Waals surface area contributed by atoms with E-state index in [2.05, 4.69) is 10.6 Å². The fraction of sp³-hybridized carbons (Fsp3) is 0.833. The van der Waals surface area contributed by atoms with Gasteiger partial charge in [-0.3, -0.25) is 0 Å². The van der Waals surface area contributed by atoms with Crippen molar-refractivity contribution in [2.24, 2.45) is 5.92 Å². The van der Waals surface area contributed by atoms with Crippen molar-refractivity contribution in [3.63, 3.8) is 0 Å². The lowest BCUT2D eigenvalue weighted by molar-refractivity contribution is -0.143. The van der Waals surface area contributed by atoms with Gasteiger partial charge in [0.1, 0.15) is 5.54 Å². The molecule has 0 aromatic rings. The number of ether oxygens (including phenoxy) is 1. The molecule has 6 heteroatoms. The van der Waals surface area contributed by atoms with Gasteiger partial charge in [-0.1, -0.05) is 6.92 Å². The maximum Gasteiger partial charge on any atom is 0.329 e. The SMILES string of the molecule is CCC(C)(NC(=O)NCC1CCCOC1)C(=O)O. The second kappa shape index (κ2) is 6.58. The van der Waals surface area contributed by atoms with E-state index in [-0.39, 0.29) is 0 Å². The van der Waals surface area contributed by atoms with Crippen molar-refractivity contribution < 1.29 is 19.4 Å². The number of nitrogens with one attached hydrogen (secondary N) is 2. The first-order valence-corrected chi connectivity index (χ1v) is 6.35. The highest BCUT2D eigenvalue weighted by Gasteiger charge is 2.32. The minimum Gasteiger partial charge on any atom is -0.480 e. The third-order valence-corrected chi connectivity index (χ3v) is 3.37. The van der Waals surface area contributed by atoms with Crippen LogP contribution in [0.2, 0.25) is 0 Å². The zero-order valence-electron chi connectivity index (χ0n) is 11.0. The van der Waals surface area contributed by atoms with Crippen molar-refractivity contribution in [1.82, 2.24) is 10.6 Å². The number of hydrogen-bond donors (Lipinski definition) is 3. The van der Waals surface area contributed by atoms with Crippen LogP contribution >= 0.6 is 0 Å². The Morgan fingerprint density at radius 2 is 2.22 bits per heavy atom. The largest absolute Gasteiger partial charge is 0.480 e. The summed E-state index contributed by atoms with van der Waals surface area (Å²) in [4.78, 5) is 22.7. The lowest BCUT2D eigenvalue weighted by Gasteiger charge is -2.26. The summed E-state index contributed by atoms with van der Waals surface area (Å²) in [6, 6.07) is -0.438. The van der Waals surface area contributed by atoms with E-state index >= 15 is 0 Å². The van der Waals surface area contributed by atoms with Gasteiger partial charge in [-0.25, -0.2) is 9.59 Å². The summed E-state index contributed by atoms with van der Waals surface area (Å²) < 4.78 is 5.31. The third-order valence-electron chi connectivity index (χ3n) is 3.37. The second-order valence-electron chi connectivity index (χ2n) is 4.91. The van der Waals surface area contributed by atoms with E-state index < -0.39 is 17.5 Å². The molecule has 0 radical (unpaired) electrons. The summed E-state index contributed by atoms with van der Waals surface area (Å²) in [7, 11) is 0. The van der Waals surface area contributed by atoms with Crippen molar-refractivity contribution in [2.75, 3.05) is 19.8 Å². The van der Waals surface area contributed by atoms with Crippen molar-refractivity contribution in [3.8, 4) is 0 Å². The van der Waals surface area contributed by atoms with Crippen molar-refractivity contribution in [3.05, 3.63) is 0 Å². The first-order valence-electron chi connectivity index (χ1n) is 6.35. The van der Waals surface area contributed by atoms with Gasteiger partial charge in [-0.2, -0.15) is 0 Å². The van der Waals surface area contributed by atoms with Gasteiger partial charge in [0, 0.05) is 13.2 Å². The first kappa shape index (κ1) is 14.8. The smallest absolute Gasteiger partial charge is 0.329 e. The summed E-state index contributed by atoms with van der Waals surface area (Å²) in [5.74, 6) is -0.705. The molecule has 0 aromatic heterocycles. The monoisotopic (exact) mass is 258 g/mol. The van der Waals surface area contributed by atoms with Gasteiger partial charge in [-0.15, -0.1) is 0 Å². The van der Waals surface area contributed by atoms with Gasteiger partial charge in [0.25, 0.3) is 0 Å². The zero-order chi connectivity index (χ0) is 13.6. The fourth-order valence-electron chi connectivity index (χ4n) is 1.79. The van der Waals surface area contributed by atoms with E-state index in [4.69, 9.17) is 9.84 Å². The lowest BCUT2D eigenvalue weighted by Crippen LogP contribution is -2.55. The van der Waals surface area contributed by atoms with Gasteiger partial charge >= 0.3 is 12.0 Å². The lowest BCUT2D eigenvalue weighted by atomic mass is 9.99. The summed E-state index contributed by atoms with van der Waals surface area (Å²) in [6.07, 6.45) is 2.38. The van der Waals surface area contributed by atoms with Crippen LogP contribution in [0.3, 0.4) is 0 Å². The zero-order valence-corrected chi connectivity index (χ0v) is 11.0. The number of carboxylic acid groups (broad SMARTS) is 1. The Balaban J connectivity index is 2.34. The number of aliphatic carboxylic acids is 1. The average Bonchev–Trinajstić information content (AvgIpc) is 2.37. The van der Waals surface area contributed by atoms with E-state index in [1.807, 2.05) is 0 Å². The Morgan fingerprint density at radius 1 is 1.50 bits per heavy atom. The molecule has 1 saturated heterocycles. The number of amides is 2. The molecule has 0 bridgehead atoms. The third kappa shape index (κ3) is 4.18. The summed E-state index contributed by atoms with van der Waals surface area (Å²) in [5, 5.41) is 14.2. The van der Waals surface area contributed by atoms with Crippen LogP contribution in [0.1, 0.15) is 33.1 Å². The Bertz CT molecular complexity index is 302. The molecule has 3 N–H and O–H groups in total.